The highest BCUT2D eigenvalue weighted by atomic mass is 32.2. The zero-order valence-electron chi connectivity index (χ0n) is 11.1. The van der Waals surface area contributed by atoms with Gasteiger partial charge in [0.1, 0.15) is 5.75 Å². The maximum absolute atomic E-state index is 11.9. The van der Waals surface area contributed by atoms with Crippen molar-refractivity contribution in [2.45, 2.75) is 18.2 Å². The van der Waals surface area contributed by atoms with Gasteiger partial charge in [0, 0.05) is 26.0 Å². The molecular formula is C12H15N3O4S. The summed E-state index contributed by atoms with van der Waals surface area (Å²) >= 11 is 0. The first kappa shape index (κ1) is 15.9. The van der Waals surface area contributed by atoms with Crippen molar-refractivity contribution < 1.29 is 17.9 Å². The van der Waals surface area contributed by atoms with Crippen LogP contribution in [0.5, 0.6) is 5.75 Å². The molecule has 0 unspecified atom stereocenters. The van der Waals surface area contributed by atoms with Crippen LogP contribution in [-0.2, 0) is 14.8 Å². The molecule has 0 bridgehead atoms. The number of methoxy groups -OCH3 is 1. The third kappa shape index (κ3) is 4.22. The van der Waals surface area contributed by atoms with Crippen molar-refractivity contribution in [1.29, 1.82) is 5.26 Å². The number of hydrogen-bond acceptors (Lipinski definition) is 5. The van der Waals surface area contributed by atoms with Crippen LogP contribution in [0.4, 0.5) is 5.69 Å². The molecule has 0 aliphatic heterocycles. The summed E-state index contributed by atoms with van der Waals surface area (Å²) in [6.07, 6.45) is 0.0837. The standard InChI is InChI=1S/C12H15N3O4S/c1-9(16)15-11-5-4-10(8-12(11)19-2)20(17,18)14-7-3-6-13/h4-5,8,14H,3,7H2,1-2H3,(H,15,16). The van der Waals surface area contributed by atoms with E-state index in [4.69, 9.17) is 10.00 Å². The first-order valence-corrected chi connectivity index (χ1v) is 7.21. The van der Waals surface area contributed by atoms with Gasteiger partial charge in [-0.05, 0) is 12.1 Å². The van der Waals surface area contributed by atoms with Crippen molar-refractivity contribution in [3.8, 4) is 11.8 Å². The fraction of sp³-hybridized carbons (Fsp3) is 0.333. The molecule has 0 aliphatic carbocycles. The van der Waals surface area contributed by atoms with Crippen LogP contribution < -0.4 is 14.8 Å². The number of anilines is 1. The summed E-state index contributed by atoms with van der Waals surface area (Å²) in [6, 6.07) is 5.94. The topological polar surface area (TPSA) is 108 Å². The predicted octanol–water partition coefficient (Wildman–Crippen LogP) is 0.846. The Morgan fingerprint density at radius 3 is 2.70 bits per heavy atom. The second kappa shape index (κ2) is 6.88. The number of nitrogens with zero attached hydrogens (tertiary/aromatic N) is 1. The Hall–Kier alpha value is -2.11. The highest BCUT2D eigenvalue weighted by Crippen LogP contribution is 2.27. The molecule has 1 aromatic carbocycles. The second-order valence-corrected chi connectivity index (χ2v) is 5.62. The van der Waals surface area contributed by atoms with Crippen LogP contribution in [0, 0.1) is 11.3 Å². The molecule has 0 atom stereocenters. The lowest BCUT2D eigenvalue weighted by Crippen LogP contribution is -2.24. The van der Waals surface area contributed by atoms with Crippen LogP contribution in [0.3, 0.4) is 0 Å². The number of sulfonamides is 1. The van der Waals surface area contributed by atoms with E-state index in [1.807, 2.05) is 6.07 Å². The lowest BCUT2D eigenvalue weighted by molar-refractivity contribution is -0.114. The van der Waals surface area contributed by atoms with E-state index >= 15 is 0 Å². The minimum absolute atomic E-state index is 0.00129. The SMILES string of the molecule is COc1cc(S(=O)(=O)NCCC#N)ccc1NC(C)=O. The van der Waals surface area contributed by atoms with E-state index in [0.717, 1.165) is 0 Å². The fourth-order valence-electron chi connectivity index (χ4n) is 1.46. The summed E-state index contributed by atoms with van der Waals surface area (Å²) < 4.78 is 31.2. The van der Waals surface area contributed by atoms with Crippen LogP contribution in [0.1, 0.15) is 13.3 Å². The van der Waals surface area contributed by atoms with Gasteiger partial charge in [-0.2, -0.15) is 5.26 Å². The van der Waals surface area contributed by atoms with Gasteiger partial charge in [0.05, 0.1) is 23.8 Å². The molecule has 0 saturated carbocycles. The Labute approximate surface area is 117 Å². The number of ether oxygens (including phenoxy) is 1. The maximum Gasteiger partial charge on any atom is 0.240 e. The highest BCUT2D eigenvalue weighted by molar-refractivity contribution is 7.89. The van der Waals surface area contributed by atoms with E-state index in [1.54, 1.807) is 0 Å². The van der Waals surface area contributed by atoms with E-state index in [2.05, 4.69) is 10.0 Å². The summed E-state index contributed by atoms with van der Waals surface area (Å²) in [6.45, 7) is 1.38. The monoisotopic (exact) mass is 297 g/mol. The molecule has 0 aromatic heterocycles. The molecule has 1 aromatic rings. The molecule has 0 spiro atoms. The number of nitrogens with one attached hydrogen (secondary N) is 2. The van der Waals surface area contributed by atoms with E-state index in [9.17, 15) is 13.2 Å². The summed E-state index contributed by atoms with van der Waals surface area (Å²) in [5, 5.41) is 10.9. The van der Waals surface area contributed by atoms with Crippen LogP contribution in [0.15, 0.2) is 23.1 Å². The van der Waals surface area contributed by atoms with Crippen molar-refractivity contribution in [3.05, 3.63) is 18.2 Å². The van der Waals surface area contributed by atoms with Crippen molar-refractivity contribution in [1.82, 2.24) is 4.72 Å². The van der Waals surface area contributed by atoms with Crippen molar-refractivity contribution in [2.24, 2.45) is 0 Å². The number of carbonyl (C=O) groups excluding carboxylic acids is 1. The lowest BCUT2D eigenvalue weighted by Gasteiger charge is -2.11. The highest BCUT2D eigenvalue weighted by Gasteiger charge is 2.16. The van der Waals surface area contributed by atoms with Gasteiger partial charge in [-0.1, -0.05) is 0 Å². The van der Waals surface area contributed by atoms with E-state index in [0.29, 0.717) is 5.69 Å². The minimum atomic E-state index is -3.70. The number of hydrogen-bond donors (Lipinski definition) is 2. The predicted molar refractivity (Wildman–Crippen MR) is 72.7 cm³/mol. The number of carbonyl (C=O) groups is 1. The molecule has 0 fully saturated rings. The third-order valence-corrected chi connectivity index (χ3v) is 3.78. The molecular weight excluding hydrogens is 282 g/mol. The molecule has 0 heterocycles. The van der Waals surface area contributed by atoms with Crippen LogP contribution in [0.25, 0.3) is 0 Å². The third-order valence-electron chi connectivity index (χ3n) is 2.32. The zero-order chi connectivity index (χ0) is 15.2. The van der Waals surface area contributed by atoms with Crippen LogP contribution in [-0.4, -0.2) is 28.0 Å². The van der Waals surface area contributed by atoms with Gasteiger partial charge in [-0.25, -0.2) is 13.1 Å². The molecule has 0 radical (unpaired) electrons. The summed E-state index contributed by atoms with van der Waals surface area (Å²) in [5.74, 6) is -0.0468. The molecule has 1 amide bonds. The molecule has 7 nitrogen and oxygen atoms in total. The summed E-state index contributed by atoms with van der Waals surface area (Å²) in [4.78, 5) is 11.0. The average molecular weight is 297 g/mol. The van der Waals surface area contributed by atoms with Gasteiger partial charge in [0.2, 0.25) is 15.9 Å². The Morgan fingerprint density at radius 2 is 2.15 bits per heavy atom. The Bertz CT molecular complexity index is 635. The van der Waals surface area contributed by atoms with Gasteiger partial charge in [-0.3, -0.25) is 4.79 Å². The maximum atomic E-state index is 11.9. The molecule has 1 rings (SSSR count). The van der Waals surface area contributed by atoms with Crippen molar-refractivity contribution in [2.75, 3.05) is 19.0 Å². The van der Waals surface area contributed by atoms with E-state index in [-0.39, 0.29) is 29.5 Å². The van der Waals surface area contributed by atoms with Gasteiger partial charge >= 0.3 is 0 Å². The number of rotatable bonds is 6. The van der Waals surface area contributed by atoms with E-state index < -0.39 is 10.0 Å². The smallest absolute Gasteiger partial charge is 0.240 e. The Kier molecular flexibility index (Phi) is 5.49. The summed E-state index contributed by atoms with van der Waals surface area (Å²) in [7, 11) is -2.33. The number of amides is 1. The van der Waals surface area contributed by atoms with Crippen molar-refractivity contribution >= 4 is 21.6 Å². The first-order valence-electron chi connectivity index (χ1n) is 5.73. The molecule has 20 heavy (non-hydrogen) atoms. The Balaban J connectivity index is 3.03. The number of benzene rings is 1. The van der Waals surface area contributed by atoms with Gasteiger partial charge in [0.25, 0.3) is 0 Å². The molecule has 0 saturated heterocycles. The zero-order valence-corrected chi connectivity index (χ0v) is 12.0. The normalized spacial score (nSPS) is 10.7. The fourth-order valence-corrected chi connectivity index (χ4v) is 2.50. The largest absolute Gasteiger partial charge is 0.495 e. The molecule has 8 heteroatoms. The lowest BCUT2D eigenvalue weighted by atomic mass is 10.3. The second-order valence-electron chi connectivity index (χ2n) is 3.85. The quantitative estimate of drug-likeness (QED) is 0.756. The van der Waals surface area contributed by atoms with E-state index in [1.165, 1.54) is 32.2 Å². The first-order chi connectivity index (χ1) is 9.40. The van der Waals surface area contributed by atoms with Crippen molar-refractivity contribution in [3.63, 3.8) is 0 Å². The van der Waals surface area contributed by atoms with Gasteiger partial charge in [0.15, 0.2) is 0 Å². The van der Waals surface area contributed by atoms with Crippen LogP contribution in [0.2, 0.25) is 0 Å². The van der Waals surface area contributed by atoms with Gasteiger partial charge < -0.3 is 10.1 Å². The average Bonchev–Trinajstić information content (AvgIpc) is 2.38. The number of nitriles is 1. The Morgan fingerprint density at radius 1 is 1.45 bits per heavy atom. The summed E-state index contributed by atoms with van der Waals surface area (Å²) in [5.41, 5.74) is 0.385. The molecule has 0 aliphatic rings. The van der Waals surface area contributed by atoms with Gasteiger partial charge in [-0.15, -0.1) is 0 Å². The molecule has 108 valence electrons. The van der Waals surface area contributed by atoms with Crippen LogP contribution >= 0.6 is 0 Å². The minimum Gasteiger partial charge on any atom is -0.495 e. The molecule has 2 N–H and O–H groups in total.